The highest BCUT2D eigenvalue weighted by atomic mass is 32.2. The van der Waals surface area contributed by atoms with E-state index in [1.807, 2.05) is 12.1 Å². The fraction of sp³-hybridized carbons (Fsp3) is 0.190. The number of hydrogen-bond donors (Lipinski definition) is 1. The van der Waals surface area contributed by atoms with Crippen LogP contribution in [-0.4, -0.2) is 43.9 Å². The van der Waals surface area contributed by atoms with Crippen molar-refractivity contribution < 1.29 is 27.2 Å². The zero-order valence-corrected chi connectivity index (χ0v) is 18.5. The number of anilines is 1. The molecule has 0 radical (unpaired) electrons. The molecule has 0 fully saturated rings. The van der Waals surface area contributed by atoms with Gasteiger partial charge in [-0.25, -0.2) is 13.4 Å². The van der Waals surface area contributed by atoms with Crippen LogP contribution in [0.25, 0.3) is 21.5 Å². The average Bonchev–Trinajstić information content (AvgIpc) is 3.38. The first-order chi connectivity index (χ1) is 15.3. The van der Waals surface area contributed by atoms with Crippen molar-refractivity contribution in [3.8, 4) is 22.8 Å². The Bertz CT molecular complexity index is 1440. The van der Waals surface area contributed by atoms with Crippen LogP contribution < -0.4 is 14.8 Å². The molecule has 0 atom stereocenters. The first kappa shape index (κ1) is 20.5. The Hall–Kier alpha value is -3.44. The number of sulfone groups is 1. The van der Waals surface area contributed by atoms with Gasteiger partial charge in [0.05, 0.1) is 27.2 Å². The summed E-state index contributed by atoms with van der Waals surface area (Å²) in [5.41, 5.74) is 1.84. The Labute approximate surface area is 186 Å². The maximum absolute atomic E-state index is 12.5. The second-order valence-corrected chi connectivity index (χ2v) is 10.2. The maximum Gasteiger partial charge on any atom is 0.232 e. The number of ether oxygens (including phenoxy) is 2. The molecule has 0 aliphatic carbocycles. The zero-order valence-electron chi connectivity index (χ0n) is 16.8. The number of aromatic nitrogens is 2. The summed E-state index contributed by atoms with van der Waals surface area (Å²) in [7, 11) is -3.32. The number of carbonyl (C=O) groups excluding carboxylic acids is 1. The fourth-order valence-corrected chi connectivity index (χ4v) is 4.89. The zero-order chi connectivity index (χ0) is 22.3. The molecule has 2 aromatic carbocycles. The van der Waals surface area contributed by atoms with Crippen molar-refractivity contribution in [3.05, 3.63) is 48.2 Å². The summed E-state index contributed by atoms with van der Waals surface area (Å²) in [6.07, 6.45) is 1.15. The van der Waals surface area contributed by atoms with Gasteiger partial charge in [0.1, 0.15) is 13.2 Å². The number of rotatable bonds is 5. The van der Waals surface area contributed by atoms with Crippen molar-refractivity contribution in [2.45, 2.75) is 11.3 Å². The van der Waals surface area contributed by atoms with E-state index in [1.165, 1.54) is 17.4 Å². The van der Waals surface area contributed by atoms with Gasteiger partial charge in [-0.2, -0.15) is 0 Å². The van der Waals surface area contributed by atoms with Gasteiger partial charge in [0, 0.05) is 17.9 Å². The summed E-state index contributed by atoms with van der Waals surface area (Å²) in [4.78, 5) is 17.0. The monoisotopic (exact) mass is 471 g/mol. The first-order valence-electron chi connectivity index (χ1n) is 9.61. The highest BCUT2D eigenvalue weighted by molar-refractivity contribution is 7.90. The van der Waals surface area contributed by atoms with Crippen molar-refractivity contribution in [1.82, 2.24) is 10.1 Å². The Morgan fingerprint density at radius 3 is 2.72 bits per heavy atom. The SMILES string of the molecule is CS(=O)(=O)c1ccc2nc(NC(=O)Cc3cc(-c4ccc5c(c4)OCCO5)on3)sc2c1. The van der Waals surface area contributed by atoms with Gasteiger partial charge in [0.25, 0.3) is 0 Å². The molecular weight excluding hydrogens is 454 g/mol. The quantitative estimate of drug-likeness (QED) is 0.471. The van der Waals surface area contributed by atoms with E-state index in [0.29, 0.717) is 51.5 Å². The van der Waals surface area contributed by atoms with Crippen molar-refractivity contribution >= 4 is 42.4 Å². The Morgan fingerprint density at radius 2 is 1.91 bits per heavy atom. The van der Waals surface area contributed by atoms with Crippen molar-refractivity contribution in [3.63, 3.8) is 0 Å². The minimum Gasteiger partial charge on any atom is -0.486 e. The molecule has 1 aliphatic heterocycles. The molecule has 11 heteroatoms. The normalized spacial score (nSPS) is 13.3. The number of fused-ring (bicyclic) bond motifs is 2. The van der Waals surface area contributed by atoms with E-state index in [1.54, 1.807) is 24.3 Å². The second kappa shape index (κ2) is 7.92. The summed E-state index contributed by atoms with van der Waals surface area (Å²) in [6, 6.07) is 11.8. The number of benzene rings is 2. The smallest absolute Gasteiger partial charge is 0.232 e. The minimum absolute atomic E-state index is 0.00142. The summed E-state index contributed by atoms with van der Waals surface area (Å²) >= 11 is 1.20. The summed E-state index contributed by atoms with van der Waals surface area (Å²) in [5, 5.41) is 7.09. The second-order valence-electron chi connectivity index (χ2n) is 7.19. The van der Waals surface area contributed by atoms with E-state index in [2.05, 4.69) is 15.5 Å². The van der Waals surface area contributed by atoms with Crippen LogP contribution in [0.2, 0.25) is 0 Å². The number of nitrogens with zero attached hydrogens (tertiary/aromatic N) is 2. The highest BCUT2D eigenvalue weighted by Gasteiger charge is 2.17. The molecule has 164 valence electrons. The number of carbonyl (C=O) groups is 1. The van der Waals surface area contributed by atoms with Crippen LogP contribution in [0.5, 0.6) is 11.5 Å². The molecule has 0 spiro atoms. The lowest BCUT2D eigenvalue weighted by Gasteiger charge is -2.18. The topological polar surface area (TPSA) is 121 Å². The van der Waals surface area contributed by atoms with Gasteiger partial charge in [0.15, 0.2) is 32.2 Å². The molecule has 4 aromatic rings. The van der Waals surface area contributed by atoms with E-state index >= 15 is 0 Å². The molecule has 0 unspecified atom stereocenters. The van der Waals surface area contributed by atoms with Gasteiger partial charge in [0.2, 0.25) is 5.91 Å². The third kappa shape index (κ3) is 4.16. The van der Waals surface area contributed by atoms with Crippen LogP contribution >= 0.6 is 11.3 Å². The molecule has 9 nitrogen and oxygen atoms in total. The predicted octanol–water partition coefficient (Wildman–Crippen LogP) is 3.31. The largest absolute Gasteiger partial charge is 0.486 e. The Kier molecular flexibility index (Phi) is 5.06. The molecule has 0 saturated heterocycles. The van der Waals surface area contributed by atoms with Crippen LogP contribution in [-0.2, 0) is 21.1 Å². The number of hydrogen-bond acceptors (Lipinski definition) is 9. The predicted molar refractivity (Wildman–Crippen MR) is 118 cm³/mol. The molecule has 1 amide bonds. The van der Waals surface area contributed by atoms with Gasteiger partial charge >= 0.3 is 0 Å². The van der Waals surface area contributed by atoms with Crippen LogP contribution in [0.3, 0.4) is 0 Å². The van der Waals surface area contributed by atoms with E-state index in [4.69, 9.17) is 14.0 Å². The van der Waals surface area contributed by atoms with Gasteiger partial charge in [-0.15, -0.1) is 0 Å². The summed E-state index contributed by atoms with van der Waals surface area (Å²) in [5.74, 6) is 1.52. The summed E-state index contributed by atoms with van der Waals surface area (Å²) in [6.45, 7) is 1.00. The average molecular weight is 472 g/mol. The highest BCUT2D eigenvalue weighted by Crippen LogP contribution is 2.35. The number of nitrogens with one attached hydrogen (secondary N) is 1. The third-order valence-electron chi connectivity index (χ3n) is 4.76. The third-order valence-corrected chi connectivity index (χ3v) is 6.81. The van der Waals surface area contributed by atoms with Crippen molar-refractivity contribution in [2.24, 2.45) is 0 Å². The van der Waals surface area contributed by atoms with Gasteiger partial charge in [-0.1, -0.05) is 16.5 Å². The number of thiazole rings is 1. The van der Waals surface area contributed by atoms with Crippen molar-refractivity contribution in [2.75, 3.05) is 24.8 Å². The molecule has 0 bridgehead atoms. The molecule has 1 N–H and O–H groups in total. The lowest BCUT2D eigenvalue weighted by Crippen LogP contribution is -2.15. The molecule has 3 heterocycles. The minimum atomic E-state index is -3.32. The summed E-state index contributed by atoms with van der Waals surface area (Å²) < 4.78 is 40.6. The van der Waals surface area contributed by atoms with Crippen LogP contribution in [0.1, 0.15) is 5.69 Å². The standard InChI is InChI=1S/C21H17N3O6S2/c1-32(26,27)14-3-4-15-19(11-14)31-21(22-15)23-20(25)10-13-9-17(30-24-13)12-2-5-16-18(8-12)29-7-6-28-16/h2-5,8-9,11H,6-7,10H2,1H3,(H,22,23,25). The van der Waals surface area contributed by atoms with Gasteiger partial charge < -0.3 is 19.3 Å². The lowest BCUT2D eigenvalue weighted by molar-refractivity contribution is -0.115. The van der Waals surface area contributed by atoms with E-state index in [-0.39, 0.29) is 17.2 Å². The first-order valence-corrected chi connectivity index (χ1v) is 12.3. The van der Waals surface area contributed by atoms with E-state index in [9.17, 15) is 13.2 Å². The maximum atomic E-state index is 12.5. The van der Waals surface area contributed by atoms with Crippen molar-refractivity contribution in [1.29, 1.82) is 0 Å². The van der Waals surface area contributed by atoms with Crippen LogP contribution in [0, 0.1) is 0 Å². The molecule has 1 aliphatic rings. The molecule has 0 saturated carbocycles. The van der Waals surface area contributed by atoms with E-state index < -0.39 is 9.84 Å². The van der Waals surface area contributed by atoms with Gasteiger partial charge in [-0.05, 0) is 36.4 Å². The van der Waals surface area contributed by atoms with Crippen LogP contribution in [0.15, 0.2) is 51.9 Å². The fourth-order valence-electron chi connectivity index (χ4n) is 3.24. The molecule has 32 heavy (non-hydrogen) atoms. The lowest BCUT2D eigenvalue weighted by atomic mass is 10.1. The Balaban J connectivity index is 1.28. The Morgan fingerprint density at radius 1 is 1.09 bits per heavy atom. The van der Waals surface area contributed by atoms with Crippen LogP contribution in [0.4, 0.5) is 5.13 Å². The molecule has 5 rings (SSSR count). The number of amides is 1. The molecular formula is C21H17N3O6S2. The molecule has 2 aromatic heterocycles. The van der Waals surface area contributed by atoms with Gasteiger partial charge in [-0.3, -0.25) is 4.79 Å². The van der Waals surface area contributed by atoms with E-state index in [0.717, 1.165) is 11.8 Å².